The van der Waals surface area contributed by atoms with Gasteiger partial charge in [0, 0.05) is 19.1 Å². The van der Waals surface area contributed by atoms with E-state index in [2.05, 4.69) is 15.0 Å². The second-order valence-electron chi connectivity index (χ2n) is 6.68. The zero-order valence-electron chi connectivity index (χ0n) is 14.5. The molecule has 0 aromatic carbocycles. The van der Waals surface area contributed by atoms with Crippen LogP contribution >= 0.6 is 0 Å². The van der Waals surface area contributed by atoms with E-state index < -0.39 is 11.6 Å². The van der Waals surface area contributed by atoms with Crippen molar-refractivity contribution in [3.8, 4) is 0 Å². The molecule has 0 bridgehead atoms. The Morgan fingerprint density at radius 2 is 2.08 bits per heavy atom. The van der Waals surface area contributed by atoms with Crippen LogP contribution in [0.2, 0.25) is 0 Å². The van der Waals surface area contributed by atoms with Gasteiger partial charge in [-0.1, -0.05) is 0 Å². The number of carbonyl (C=O) groups excluding carboxylic acids is 2. The molecule has 1 fully saturated rings. The normalized spacial score (nSPS) is 17.5. The van der Waals surface area contributed by atoms with Crippen molar-refractivity contribution in [3.05, 3.63) is 17.8 Å². The second-order valence-corrected chi connectivity index (χ2v) is 6.68. The molecule has 2 rings (SSSR count). The maximum Gasteiger partial charge on any atom is 0.410 e. The number of esters is 1. The van der Waals surface area contributed by atoms with Gasteiger partial charge in [-0.2, -0.15) is 0 Å². The number of methoxy groups -OCH3 is 1. The Kier molecular flexibility index (Phi) is 5.16. The van der Waals surface area contributed by atoms with E-state index >= 15 is 0 Å². The van der Waals surface area contributed by atoms with Crippen LogP contribution in [0.25, 0.3) is 0 Å². The SMILES string of the molecule is COC(=O)c1ccc(N)c(N[C@H]2CCN(C(=O)OC(C)(C)C)C2)n1. The van der Waals surface area contributed by atoms with Gasteiger partial charge < -0.3 is 25.4 Å². The van der Waals surface area contributed by atoms with E-state index in [0.29, 0.717) is 24.6 Å². The molecule has 0 radical (unpaired) electrons. The third kappa shape index (κ3) is 4.50. The number of hydrogen-bond donors (Lipinski definition) is 2. The average molecular weight is 336 g/mol. The van der Waals surface area contributed by atoms with Gasteiger partial charge in [0.15, 0.2) is 5.69 Å². The molecule has 1 aliphatic rings. The molecule has 0 aliphatic carbocycles. The minimum absolute atomic E-state index is 0.0137. The van der Waals surface area contributed by atoms with Gasteiger partial charge in [0.1, 0.15) is 11.4 Å². The van der Waals surface area contributed by atoms with Gasteiger partial charge in [0.2, 0.25) is 0 Å². The molecule has 0 unspecified atom stereocenters. The van der Waals surface area contributed by atoms with Crippen LogP contribution in [0.5, 0.6) is 0 Å². The third-order valence-corrected chi connectivity index (χ3v) is 3.50. The van der Waals surface area contributed by atoms with Crippen molar-refractivity contribution >= 4 is 23.6 Å². The minimum atomic E-state index is -0.528. The number of ether oxygens (including phenoxy) is 2. The van der Waals surface area contributed by atoms with Gasteiger partial charge in [0.05, 0.1) is 12.8 Å². The summed E-state index contributed by atoms with van der Waals surface area (Å²) < 4.78 is 10.0. The number of nitrogens with two attached hydrogens (primary N) is 1. The van der Waals surface area contributed by atoms with E-state index in [0.717, 1.165) is 6.42 Å². The topological polar surface area (TPSA) is 107 Å². The molecule has 2 heterocycles. The first kappa shape index (κ1) is 17.8. The molecule has 1 aromatic heterocycles. The summed E-state index contributed by atoms with van der Waals surface area (Å²) in [6.07, 6.45) is 0.402. The lowest BCUT2D eigenvalue weighted by molar-refractivity contribution is 0.0293. The van der Waals surface area contributed by atoms with E-state index in [9.17, 15) is 9.59 Å². The number of nitrogens with one attached hydrogen (secondary N) is 1. The first-order valence-corrected chi connectivity index (χ1v) is 7.79. The van der Waals surface area contributed by atoms with E-state index in [1.807, 2.05) is 20.8 Å². The molecule has 1 aromatic rings. The number of pyridine rings is 1. The van der Waals surface area contributed by atoms with Crippen molar-refractivity contribution in [3.63, 3.8) is 0 Å². The predicted molar refractivity (Wildman–Crippen MR) is 89.8 cm³/mol. The van der Waals surface area contributed by atoms with Crippen LogP contribution in [-0.2, 0) is 9.47 Å². The Hall–Kier alpha value is -2.51. The Morgan fingerprint density at radius 1 is 1.38 bits per heavy atom. The first-order valence-electron chi connectivity index (χ1n) is 7.79. The highest BCUT2D eigenvalue weighted by molar-refractivity contribution is 5.88. The number of anilines is 2. The summed E-state index contributed by atoms with van der Waals surface area (Å²) in [6, 6.07) is 3.09. The average Bonchev–Trinajstić information content (AvgIpc) is 2.96. The van der Waals surface area contributed by atoms with Crippen molar-refractivity contribution in [1.29, 1.82) is 0 Å². The predicted octanol–water partition coefficient (Wildman–Crippen LogP) is 1.87. The second kappa shape index (κ2) is 6.94. The van der Waals surface area contributed by atoms with Crippen LogP contribution < -0.4 is 11.1 Å². The van der Waals surface area contributed by atoms with Gasteiger partial charge in [-0.25, -0.2) is 14.6 Å². The monoisotopic (exact) mass is 336 g/mol. The van der Waals surface area contributed by atoms with Crippen LogP contribution in [0, 0.1) is 0 Å². The number of likely N-dealkylation sites (tertiary alicyclic amines) is 1. The highest BCUT2D eigenvalue weighted by atomic mass is 16.6. The van der Waals surface area contributed by atoms with Gasteiger partial charge in [-0.3, -0.25) is 0 Å². The molecule has 1 amide bonds. The Bertz CT molecular complexity index is 627. The standard InChI is InChI=1S/C16H24N4O4/c1-16(2,3)24-15(22)20-8-7-10(9-20)18-13-11(17)5-6-12(19-13)14(21)23-4/h5-6,10H,7-9,17H2,1-4H3,(H,18,19)/t10-/m0/s1. The van der Waals surface area contributed by atoms with E-state index in [-0.39, 0.29) is 17.8 Å². The van der Waals surface area contributed by atoms with E-state index in [1.165, 1.54) is 13.2 Å². The Labute approximate surface area is 141 Å². The van der Waals surface area contributed by atoms with Crippen molar-refractivity contribution in [2.45, 2.75) is 38.8 Å². The van der Waals surface area contributed by atoms with Crippen LogP contribution in [0.15, 0.2) is 12.1 Å². The van der Waals surface area contributed by atoms with Gasteiger partial charge in [0.25, 0.3) is 0 Å². The molecule has 3 N–H and O–H groups in total. The quantitative estimate of drug-likeness (QED) is 0.811. The van der Waals surface area contributed by atoms with Crippen LogP contribution in [0.3, 0.4) is 0 Å². The summed E-state index contributed by atoms with van der Waals surface area (Å²) in [4.78, 5) is 29.5. The fraction of sp³-hybridized carbons (Fsp3) is 0.562. The molecule has 8 nitrogen and oxygen atoms in total. The molecule has 1 saturated heterocycles. The smallest absolute Gasteiger partial charge is 0.410 e. The molecule has 1 aliphatic heterocycles. The summed E-state index contributed by atoms with van der Waals surface area (Å²) >= 11 is 0. The molecule has 8 heteroatoms. The van der Waals surface area contributed by atoms with Crippen LogP contribution in [0.4, 0.5) is 16.3 Å². The fourth-order valence-electron chi connectivity index (χ4n) is 2.37. The maximum absolute atomic E-state index is 12.1. The van der Waals surface area contributed by atoms with Crippen molar-refractivity contribution in [2.75, 3.05) is 31.2 Å². The van der Waals surface area contributed by atoms with Crippen LogP contribution in [-0.4, -0.2) is 53.8 Å². The number of hydrogen-bond acceptors (Lipinski definition) is 7. The first-order chi connectivity index (χ1) is 11.2. The van der Waals surface area contributed by atoms with Crippen LogP contribution in [0.1, 0.15) is 37.7 Å². The third-order valence-electron chi connectivity index (χ3n) is 3.50. The number of rotatable bonds is 3. The van der Waals surface area contributed by atoms with Gasteiger partial charge in [-0.05, 0) is 39.3 Å². The van der Waals surface area contributed by atoms with Crippen molar-refractivity contribution in [2.24, 2.45) is 0 Å². The van der Waals surface area contributed by atoms with Gasteiger partial charge >= 0.3 is 12.1 Å². The van der Waals surface area contributed by atoms with Gasteiger partial charge in [-0.15, -0.1) is 0 Å². The molecular weight excluding hydrogens is 312 g/mol. The summed E-state index contributed by atoms with van der Waals surface area (Å²) in [5.74, 6) is -0.117. The largest absolute Gasteiger partial charge is 0.464 e. The highest BCUT2D eigenvalue weighted by Crippen LogP contribution is 2.22. The lowest BCUT2D eigenvalue weighted by Crippen LogP contribution is -2.36. The Balaban J connectivity index is 2.00. The number of nitrogen functional groups attached to an aromatic ring is 1. The van der Waals surface area contributed by atoms with Crippen molar-refractivity contribution in [1.82, 2.24) is 9.88 Å². The summed E-state index contributed by atoms with van der Waals surface area (Å²) in [6.45, 7) is 6.57. The molecule has 1 atom stereocenters. The molecular formula is C16H24N4O4. The molecule has 24 heavy (non-hydrogen) atoms. The maximum atomic E-state index is 12.1. The summed E-state index contributed by atoms with van der Waals surface area (Å²) in [5.41, 5.74) is 5.99. The zero-order valence-corrected chi connectivity index (χ0v) is 14.5. The molecule has 132 valence electrons. The lowest BCUT2D eigenvalue weighted by Gasteiger charge is -2.24. The minimum Gasteiger partial charge on any atom is -0.464 e. The number of aromatic nitrogens is 1. The highest BCUT2D eigenvalue weighted by Gasteiger charge is 2.30. The van der Waals surface area contributed by atoms with Crippen molar-refractivity contribution < 1.29 is 19.1 Å². The molecule has 0 saturated carbocycles. The Morgan fingerprint density at radius 3 is 2.71 bits per heavy atom. The van der Waals surface area contributed by atoms with E-state index in [4.69, 9.17) is 10.5 Å². The number of nitrogens with zero attached hydrogens (tertiary/aromatic N) is 2. The summed E-state index contributed by atoms with van der Waals surface area (Å²) in [5, 5.41) is 3.18. The number of amides is 1. The fourth-order valence-corrected chi connectivity index (χ4v) is 2.37. The van der Waals surface area contributed by atoms with E-state index in [1.54, 1.807) is 11.0 Å². The summed E-state index contributed by atoms with van der Waals surface area (Å²) in [7, 11) is 1.29. The number of carbonyl (C=O) groups is 2. The zero-order chi connectivity index (χ0) is 17.9. The lowest BCUT2D eigenvalue weighted by atomic mass is 10.2. The molecule has 0 spiro atoms.